The maximum atomic E-state index is 12.0. The molecule has 2 atom stereocenters. The van der Waals surface area contributed by atoms with Crippen LogP contribution in [0.4, 0.5) is 0 Å². The van der Waals surface area contributed by atoms with Crippen LogP contribution in [0.25, 0.3) is 0 Å². The Morgan fingerprint density at radius 1 is 1.53 bits per heavy atom. The molecule has 2 aliphatic heterocycles. The average Bonchev–Trinajstić information content (AvgIpc) is 2.15. The number of carbonyl (C=O) groups excluding carboxylic acids is 1. The van der Waals surface area contributed by atoms with Gasteiger partial charge in [0.05, 0.1) is 12.0 Å². The van der Waals surface area contributed by atoms with Gasteiger partial charge in [-0.1, -0.05) is 6.92 Å². The molecular weight excluding hydrogens is 192 g/mol. The first-order valence-electron chi connectivity index (χ1n) is 5.90. The van der Waals surface area contributed by atoms with Crippen molar-refractivity contribution in [2.24, 2.45) is 11.8 Å². The van der Waals surface area contributed by atoms with Crippen molar-refractivity contribution in [1.29, 1.82) is 0 Å². The van der Waals surface area contributed by atoms with Gasteiger partial charge in [-0.15, -0.1) is 0 Å². The third-order valence-corrected chi connectivity index (χ3v) is 3.66. The maximum Gasteiger partial charge on any atom is 0.228 e. The lowest BCUT2D eigenvalue weighted by Gasteiger charge is -2.39. The first kappa shape index (κ1) is 10.9. The van der Waals surface area contributed by atoms with Gasteiger partial charge in [0.15, 0.2) is 0 Å². The fourth-order valence-corrected chi connectivity index (χ4v) is 2.34. The number of nitrogens with one attached hydrogen (secondary N) is 1. The number of aliphatic hydroxyl groups excluding tert-OH is 1. The highest BCUT2D eigenvalue weighted by atomic mass is 16.3. The zero-order chi connectivity index (χ0) is 10.8. The molecule has 2 N–H and O–H groups in total. The smallest absolute Gasteiger partial charge is 0.228 e. The van der Waals surface area contributed by atoms with E-state index in [1.807, 2.05) is 4.90 Å². The van der Waals surface area contributed by atoms with Crippen molar-refractivity contribution in [3.63, 3.8) is 0 Å². The van der Waals surface area contributed by atoms with E-state index in [-0.39, 0.29) is 23.8 Å². The number of amides is 1. The van der Waals surface area contributed by atoms with Crippen molar-refractivity contribution in [3.05, 3.63) is 0 Å². The molecule has 0 radical (unpaired) electrons. The zero-order valence-electron chi connectivity index (χ0n) is 9.28. The topological polar surface area (TPSA) is 52.6 Å². The lowest BCUT2D eigenvalue weighted by molar-refractivity contribution is -0.140. The normalized spacial score (nSPS) is 32.5. The Balaban J connectivity index is 1.90. The molecule has 1 amide bonds. The van der Waals surface area contributed by atoms with Crippen molar-refractivity contribution in [2.75, 3.05) is 26.2 Å². The van der Waals surface area contributed by atoms with Crippen LogP contribution >= 0.6 is 0 Å². The van der Waals surface area contributed by atoms with Gasteiger partial charge in [-0.2, -0.15) is 0 Å². The summed E-state index contributed by atoms with van der Waals surface area (Å²) in [7, 11) is 0. The van der Waals surface area contributed by atoms with Gasteiger partial charge in [-0.05, 0) is 12.8 Å². The molecule has 4 nitrogen and oxygen atoms in total. The van der Waals surface area contributed by atoms with E-state index in [0.717, 1.165) is 39.0 Å². The minimum absolute atomic E-state index is 0.192. The van der Waals surface area contributed by atoms with E-state index in [1.165, 1.54) is 0 Å². The largest absolute Gasteiger partial charge is 0.393 e. The summed E-state index contributed by atoms with van der Waals surface area (Å²) in [6.07, 6.45) is 1.48. The SMILES string of the molecule is CC[C@H]1CN(C(=O)C2CNC2)CC[C@H]1O. The zero-order valence-corrected chi connectivity index (χ0v) is 9.28. The van der Waals surface area contributed by atoms with Crippen LogP contribution in [0.5, 0.6) is 0 Å². The third kappa shape index (κ3) is 2.16. The molecule has 0 aromatic rings. The average molecular weight is 212 g/mol. The van der Waals surface area contributed by atoms with Gasteiger partial charge in [-0.3, -0.25) is 4.79 Å². The number of hydrogen-bond acceptors (Lipinski definition) is 3. The molecule has 0 aromatic carbocycles. The van der Waals surface area contributed by atoms with Crippen LogP contribution in [0.2, 0.25) is 0 Å². The summed E-state index contributed by atoms with van der Waals surface area (Å²) in [5.74, 6) is 0.743. The molecule has 2 aliphatic rings. The maximum absolute atomic E-state index is 12.0. The number of aliphatic hydroxyl groups is 1. The monoisotopic (exact) mass is 212 g/mol. The number of carbonyl (C=O) groups is 1. The van der Waals surface area contributed by atoms with Crippen molar-refractivity contribution in [1.82, 2.24) is 10.2 Å². The van der Waals surface area contributed by atoms with Crippen LogP contribution in [0.15, 0.2) is 0 Å². The van der Waals surface area contributed by atoms with E-state index in [4.69, 9.17) is 0 Å². The molecule has 4 heteroatoms. The van der Waals surface area contributed by atoms with Gasteiger partial charge >= 0.3 is 0 Å². The molecule has 15 heavy (non-hydrogen) atoms. The number of rotatable bonds is 2. The van der Waals surface area contributed by atoms with Crippen molar-refractivity contribution >= 4 is 5.91 Å². The second-order valence-electron chi connectivity index (χ2n) is 4.66. The van der Waals surface area contributed by atoms with Crippen LogP contribution < -0.4 is 5.32 Å². The summed E-state index contributed by atoms with van der Waals surface area (Å²) in [6, 6.07) is 0. The second-order valence-corrected chi connectivity index (χ2v) is 4.66. The van der Waals surface area contributed by atoms with E-state index < -0.39 is 0 Å². The van der Waals surface area contributed by atoms with Crippen LogP contribution in [0.1, 0.15) is 19.8 Å². The number of hydrogen-bond donors (Lipinski definition) is 2. The van der Waals surface area contributed by atoms with E-state index in [1.54, 1.807) is 0 Å². The highest BCUT2D eigenvalue weighted by molar-refractivity contribution is 5.80. The summed E-state index contributed by atoms with van der Waals surface area (Å²) >= 11 is 0. The highest BCUT2D eigenvalue weighted by Crippen LogP contribution is 2.22. The highest BCUT2D eigenvalue weighted by Gasteiger charge is 2.34. The lowest BCUT2D eigenvalue weighted by Crippen LogP contribution is -2.55. The molecule has 2 fully saturated rings. The van der Waals surface area contributed by atoms with Gasteiger partial charge in [0.1, 0.15) is 0 Å². The molecule has 0 spiro atoms. The molecule has 0 saturated carbocycles. The molecular formula is C11H20N2O2. The van der Waals surface area contributed by atoms with E-state index in [2.05, 4.69) is 12.2 Å². The van der Waals surface area contributed by atoms with Gasteiger partial charge in [0.25, 0.3) is 0 Å². The third-order valence-electron chi connectivity index (χ3n) is 3.66. The molecule has 2 saturated heterocycles. The summed E-state index contributed by atoms with van der Waals surface area (Å²) in [4.78, 5) is 13.9. The van der Waals surface area contributed by atoms with Gasteiger partial charge in [0, 0.05) is 32.1 Å². The summed E-state index contributed by atoms with van der Waals surface area (Å²) in [5.41, 5.74) is 0. The lowest BCUT2D eigenvalue weighted by atomic mass is 9.91. The summed E-state index contributed by atoms with van der Waals surface area (Å²) < 4.78 is 0. The summed E-state index contributed by atoms with van der Waals surface area (Å²) in [6.45, 7) is 5.20. The standard InChI is InChI=1S/C11H20N2O2/c1-2-8-7-13(4-3-10(8)14)11(15)9-5-12-6-9/h8-10,12,14H,2-7H2,1H3/t8-,10+/m0/s1. The number of likely N-dealkylation sites (tertiary alicyclic amines) is 1. The first-order chi connectivity index (χ1) is 7.22. The molecule has 2 heterocycles. The van der Waals surface area contributed by atoms with Crippen molar-refractivity contribution in [2.45, 2.75) is 25.9 Å². The molecule has 0 aromatic heterocycles. The van der Waals surface area contributed by atoms with Gasteiger partial charge < -0.3 is 15.3 Å². The van der Waals surface area contributed by atoms with Crippen LogP contribution in [-0.2, 0) is 4.79 Å². The molecule has 86 valence electrons. The summed E-state index contributed by atoms with van der Waals surface area (Å²) in [5, 5.41) is 12.8. The molecule has 0 unspecified atom stereocenters. The molecule has 0 bridgehead atoms. The Hall–Kier alpha value is -0.610. The first-order valence-corrected chi connectivity index (χ1v) is 5.90. The van der Waals surface area contributed by atoms with Crippen LogP contribution in [0, 0.1) is 11.8 Å². The molecule has 0 aliphatic carbocycles. The quantitative estimate of drug-likeness (QED) is 0.668. The van der Waals surface area contributed by atoms with E-state index in [0.29, 0.717) is 0 Å². The fraction of sp³-hybridized carbons (Fsp3) is 0.909. The van der Waals surface area contributed by atoms with E-state index >= 15 is 0 Å². The van der Waals surface area contributed by atoms with Crippen LogP contribution in [-0.4, -0.2) is 48.2 Å². The van der Waals surface area contributed by atoms with Crippen molar-refractivity contribution in [3.8, 4) is 0 Å². The second kappa shape index (κ2) is 4.49. The Kier molecular flexibility index (Phi) is 3.26. The predicted molar refractivity (Wildman–Crippen MR) is 57.3 cm³/mol. The Morgan fingerprint density at radius 2 is 2.27 bits per heavy atom. The Bertz CT molecular complexity index is 241. The number of piperidine rings is 1. The van der Waals surface area contributed by atoms with E-state index in [9.17, 15) is 9.90 Å². The minimum atomic E-state index is -0.210. The molecule has 2 rings (SSSR count). The Morgan fingerprint density at radius 3 is 2.80 bits per heavy atom. The van der Waals surface area contributed by atoms with Crippen molar-refractivity contribution < 1.29 is 9.90 Å². The van der Waals surface area contributed by atoms with Gasteiger partial charge in [0.2, 0.25) is 5.91 Å². The fourth-order valence-electron chi connectivity index (χ4n) is 2.34. The Labute approximate surface area is 90.6 Å². The predicted octanol–water partition coefficient (Wildman–Crippen LogP) is -0.175. The minimum Gasteiger partial charge on any atom is -0.393 e. The van der Waals surface area contributed by atoms with Crippen LogP contribution in [0.3, 0.4) is 0 Å². The van der Waals surface area contributed by atoms with Gasteiger partial charge in [-0.25, -0.2) is 0 Å². The number of nitrogens with zero attached hydrogens (tertiary/aromatic N) is 1.